The third kappa shape index (κ3) is 2.48. The lowest BCUT2D eigenvalue weighted by Gasteiger charge is -2.16. The van der Waals surface area contributed by atoms with Crippen LogP contribution in [0.4, 0.5) is 0 Å². The normalized spacial score (nSPS) is 26.5. The molecule has 0 aliphatic carbocycles. The van der Waals surface area contributed by atoms with Crippen molar-refractivity contribution in [1.82, 2.24) is 4.13 Å². The topological polar surface area (TPSA) is 80.3 Å². The first-order valence-electron chi connectivity index (χ1n) is 6.28. The molecular formula is C14H13NO4S2. The molecule has 2 aromatic rings. The highest BCUT2D eigenvalue weighted by atomic mass is 32.3. The molecule has 5 nitrogen and oxygen atoms in total. The predicted molar refractivity (Wildman–Crippen MR) is 79.3 cm³/mol. The zero-order chi connectivity index (χ0) is 15.1. The van der Waals surface area contributed by atoms with Crippen molar-refractivity contribution < 1.29 is 16.8 Å². The molecule has 1 aliphatic rings. The molecular weight excluding hydrogens is 310 g/mol. The molecule has 0 bridgehead atoms. The minimum atomic E-state index is -3.98. The Morgan fingerprint density at radius 1 is 0.619 bits per heavy atom. The van der Waals surface area contributed by atoms with Crippen molar-refractivity contribution in [3.05, 3.63) is 71.8 Å². The van der Waals surface area contributed by atoms with E-state index in [0.29, 0.717) is 11.1 Å². The van der Waals surface area contributed by atoms with Crippen LogP contribution < -0.4 is 4.13 Å². The molecule has 0 spiro atoms. The average molecular weight is 323 g/mol. The molecule has 2 atom stereocenters. The second-order valence-electron chi connectivity index (χ2n) is 4.84. The fourth-order valence-electron chi connectivity index (χ4n) is 2.58. The summed E-state index contributed by atoms with van der Waals surface area (Å²) in [5.74, 6) is 0. The van der Waals surface area contributed by atoms with E-state index in [1.165, 1.54) is 0 Å². The Kier molecular flexibility index (Phi) is 3.35. The molecule has 110 valence electrons. The molecule has 1 heterocycles. The molecule has 0 radical (unpaired) electrons. The molecule has 0 aromatic heterocycles. The second kappa shape index (κ2) is 4.94. The van der Waals surface area contributed by atoms with Crippen LogP contribution in [-0.4, -0.2) is 16.8 Å². The maximum absolute atomic E-state index is 12.3. The molecule has 1 aliphatic heterocycles. The lowest BCUT2D eigenvalue weighted by Crippen LogP contribution is -2.22. The lowest BCUT2D eigenvalue weighted by molar-refractivity contribution is 0.580. The molecule has 0 amide bonds. The van der Waals surface area contributed by atoms with E-state index in [9.17, 15) is 16.8 Å². The van der Waals surface area contributed by atoms with Gasteiger partial charge in [0.25, 0.3) is 0 Å². The number of rotatable bonds is 2. The van der Waals surface area contributed by atoms with Gasteiger partial charge in [-0.3, -0.25) is 0 Å². The van der Waals surface area contributed by atoms with Gasteiger partial charge in [-0.25, -0.2) is 16.8 Å². The molecule has 2 aromatic carbocycles. The summed E-state index contributed by atoms with van der Waals surface area (Å²) in [7, 11) is -7.97. The van der Waals surface area contributed by atoms with E-state index in [4.69, 9.17) is 0 Å². The first-order valence-corrected chi connectivity index (χ1v) is 9.37. The monoisotopic (exact) mass is 323 g/mol. The van der Waals surface area contributed by atoms with E-state index in [1.807, 2.05) is 4.13 Å². The Bertz CT molecular complexity index is 773. The van der Waals surface area contributed by atoms with Crippen LogP contribution >= 0.6 is 0 Å². The molecule has 0 saturated carbocycles. The summed E-state index contributed by atoms with van der Waals surface area (Å²) >= 11 is 0. The van der Waals surface area contributed by atoms with Crippen molar-refractivity contribution in [2.24, 2.45) is 0 Å². The van der Waals surface area contributed by atoms with Crippen LogP contribution in [0.2, 0.25) is 0 Å². The van der Waals surface area contributed by atoms with Crippen LogP contribution in [0.1, 0.15) is 21.6 Å². The third-order valence-electron chi connectivity index (χ3n) is 3.43. The zero-order valence-corrected chi connectivity index (χ0v) is 12.5. The van der Waals surface area contributed by atoms with Crippen LogP contribution in [0.25, 0.3) is 0 Å². The Hall–Kier alpha value is -1.70. The first kappa shape index (κ1) is 14.2. The standard InChI is InChI=1S/C14H13NO4S2/c16-20(17)13(11-7-3-1-4-8-11)14(21(18,19)15-20)12-9-5-2-6-10-12/h1-10,13-15H/t13-,14?/m0/s1. The summed E-state index contributed by atoms with van der Waals surface area (Å²) in [5, 5.41) is -2.29. The Morgan fingerprint density at radius 3 is 1.29 bits per heavy atom. The van der Waals surface area contributed by atoms with Gasteiger partial charge in [-0.2, -0.15) is 0 Å². The highest BCUT2D eigenvalue weighted by molar-refractivity contribution is 8.08. The second-order valence-corrected chi connectivity index (χ2v) is 8.70. The molecule has 21 heavy (non-hydrogen) atoms. The van der Waals surface area contributed by atoms with Crippen LogP contribution in [0.15, 0.2) is 60.7 Å². The lowest BCUT2D eigenvalue weighted by atomic mass is 10.0. The van der Waals surface area contributed by atoms with Crippen molar-refractivity contribution in [3.63, 3.8) is 0 Å². The fourth-order valence-corrected chi connectivity index (χ4v) is 7.58. The SMILES string of the molecule is O=S1(=O)NS(=O)(=O)[C@@H](c2ccccc2)C1c1ccccc1. The highest BCUT2D eigenvalue weighted by Gasteiger charge is 2.52. The van der Waals surface area contributed by atoms with Gasteiger partial charge >= 0.3 is 0 Å². The van der Waals surface area contributed by atoms with Crippen LogP contribution in [-0.2, 0) is 20.0 Å². The summed E-state index contributed by atoms with van der Waals surface area (Å²) < 4.78 is 50.9. The summed E-state index contributed by atoms with van der Waals surface area (Å²) in [5.41, 5.74) is 0.917. The maximum Gasteiger partial charge on any atom is 0.233 e. The zero-order valence-electron chi connectivity index (χ0n) is 10.9. The van der Waals surface area contributed by atoms with Gasteiger partial charge in [0.2, 0.25) is 20.0 Å². The molecule has 1 N–H and O–H groups in total. The van der Waals surface area contributed by atoms with E-state index in [1.54, 1.807) is 60.7 Å². The van der Waals surface area contributed by atoms with E-state index in [0.717, 1.165) is 0 Å². The van der Waals surface area contributed by atoms with Crippen molar-refractivity contribution in [3.8, 4) is 0 Å². The third-order valence-corrected chi connectivity index (χ3v) is 7.89. The van der Waals surface area contributed by atoms with Gasteiger partial charge in [0.15, 0.2) is 0 Å². The predicted octanol–water partition coefficient (Wildman–Crippen LogP) is 1.73. The Labute approximate surface area is 123 Å². The quantitative estimate of drug-likeness (QED) is 0.913. The van der Waals surface area contributed by atoms with Gasteiger partial charge in [-0.1, -0.05) is 60.7 Å². The number of nitrogens with one attached hydrogen (secondary N) is 1. The summed E-state index contributed by atoms with van der Waals surface area (Å²) in [6, 6.07) is 16.8. The number of hydrogen-bond donors (Lipinski definition) is 1. The van der Waals surface area contributed by atoms with Crippen LogP contribution in [0.5, 0.6) is 0 Å². The van der Waals surface area contributed by atoms with Gasteiger partial charge in [0.05, 0.1) is 0 Å². The van der Waals surface area contributed by atoms with Crippen LogP contribution in [0.3, 0.4) is 0 Å². The smallest absolute Gasteiger partial charge is 0.211 e. The van der Waals surface area contributed by atoms with Crippen molar-refractivity contribution in [2.75, 3.05) is 0 Å². The van der Waals surface area contributed by atoms with E-state index in [-0.39, 0.29) is 0 Å². The first-order chi connectivity index (χ1) is 9.92. The summed E-state index contributed by atoms with van der Waals surface area (Å²) in [6.45, 7) is 0. The summed E-state index contributed by atoms with van der Waals surface area (Å²) in [4.78, 5) is 0. The van der Waals surface area contributed by atoms with Crippen molar-refractivity contribution in [1.29, 1.82) is 0 Å². The van der Waals surface area contributed by atoms with E-state index < -0.39 is 30.5 Å². The minimum absolute atomic E-state index is 0.458. The van der Waals surface area contributed by atoms with E-state index >= 15 is 0 Å². The molecule has 1 unspecified atom stereocenters. The number of benzene rings is 2. The average Bonchev–Trinajstić information content (AvgIpc) is 2.64. The molecule has 1 saturated heterocycles. The van der Waals surface area contributed by atoms with E-state index in [2.05, 4.69) is 0 Å². The minimum Gasteiger partial charge on any atom is -0.211 e. The molecule has 1 fully saturated rings. The molecule has 7 heteroatoms. The van der Waals surface area contributed by atoms with Gasteiger partial charge in [0, 0.05) is 0 Å². The Balaban J connectivity index is 2.23. The number of hydrogen-bond acceptors (Lipinski definition) is 4. The fraction of sp³-hybridized carbons (Fsp3) is 0.143. The van der Waals surface area contributed by atoms with Crippen LogP contribution in [0, 0.1) is 0 Å². The van der Waals surface area contributed by atoms with Gasteiger partial charge in [-0.15, -0.1) is 4.13 Å². The Morgan fingerprint density at radius 2 is 0.952 bits per heavy atom. The van der Waals surface area contributed by atoms with Gasteiger partial charge in [-0.05, 0) is 11.1 Å². The van der Waals surface area contributed by atoms with Crippen molar-refractivity contribution >= 4 is 20.0 Å². The molecule has 3 rings (SSSR count). The van der Waals surface area contributed by atoms with Gasteiger partial charge in [0.1, 0.15) is 10.5 Å². The maximum atomic E-state index is 12.3. The highest BCUT2D eigenvalue weighted by Crippen LogP contribution is 2.45. The van der Waals surface area contributed by atoms with Gasteiger partial charge < -0.3 is 0 Å². The largest absolute Gasteiger partial charge is 0.233 e. The number of sulfonamides is 2. The van der Waals surface area contributed by atoms with Crippen molar-refractivity contribution in [2.45, 2.75) is 10.5 Å². The summed E-state index contributed by atoms with van der Waals surface area (Å²) in [6.07, 6.45) is 0.